The standard InChI is InChI=1S/C24H33N2O/c1-8-27-14-22-13-25(23-18(4)9-16(2)10-19(23)5)15-26(22)24-20(6)11-17(3)12-21(24)7/h9-12,15,22H,8,13-14H2,1-7H3. The maximum absolute atomic E-state index is 5.85. The number of ether oxygens (including phenoxy) is 1. The monoisotopic (exact) mass is 365 g/mol. The first-order valence-corrected chi connectivity index (χ1v) is 9.95. The van der Waals surface area contributed by atoms with Crippen LogP contribution in [-0.4, -0.2) is 25.8 Å². The van der Waals surface area contributed by atoms with E-state index in [-0.39, 0.29) is 0 Å². The quantitative estimate of drug-likeness (QED) is 0.707. The maximum atomic E-state index is 5.85. The molecule has 3 nitrogen and oxygen atoms in total. The Kier molecular flexibility index (Phi) is 5.81. The number of rotatable bonds is 5. The van der Waals surface area contributed by atoms with Crippen LogP contribution in [0.1, 0.15) is 40.3 Å². The second kappa shape index (κ2) is 7.93. The summed E-state index contributed by atoms with van der Waals surface area (Å²) in [6.07, 6.45) is 0. The van der Waals surface area contributed by atoms with Gasteiger partial charge in [0.2, 0.25) is 0 Å². The summed E-state index contributed by atoms with van der Waals surface area (Å²) in [6.45, 7) is 20.0. The minimum absolute atomic E-state index is 0.310. The maximum Gasteiger partial charge on any atom is 0.142 e. The van der Waals surface area contributed by atoms with Crippen LogP contribution in [0.3, 0.4) is 0 Å². The van der Waals surface area contributed by atoms with E-state index in [1.807, 2.05) is 0 Å². The van der Waals surface area contributed by atoms with Gasteiger partial charge in [0, 0.05) is 24.5 Å². The second-order valence-electron chi connectivity index (χ2n) is 7.98. The van der Waals surface area contributed by atoms with Gasteiger partial charge in [0.25, 0.3) is 0 Å². The number of aryl methyl sites for hydroxylation is 6. The van der Waals surface area contributed by atoms with E-state index in [0.717, 1.165) is 19.8 Å². The van der Waals surface area contributed by atoms with Crippen LogP contribution in [-0.2, 0) is 4.74 Å². The molecule has 145 valence electrons. The third-order valence-electron chi connectivity index (χ3n) is 5.40. The lowest BCUT2D eigenvalue weighted by molar-refractivity contribution is 0.137. The molecule has 2 aromatic rings. The smallest absolute Gasteiger partial charge is 0.142 e. The molecule has 3 heteroatoms. The van der Waals surface area contributed by atoms with Gasteiger partial charge in [0.15, 0.2) is 0 Å². The van der Waals surface area contributed by atoms with Crippen LogP contribution in [0.25, 0.3) is 0 Å². The van der Waals surface area contributed by atoms with Gasteiger partial charge < -0.3 is 14.5 Å². The Morgan fingerprint density at radius 2 is 1.30 bits per heavy atom. The summed E-state index contributed by atoms with van der Waals surface area (Å²) in [5.74, 6) is 0. The first-order chi connectivity index (χ1) is 12.8. The first-order valence-electron chi connectivity index (χ1n) is 9.95. The van der Waals surface area contributed by atoms with Gasteiger partial charge in [-0.2, -0.15) is 0 Å². The van der Waals surface area contributed by atoms with Crippen LogP contribution in [0.2, 0.25) is 0 Å². The van der Waals surface area contributed by atoms with Gasteiger partial charge in [0.1, 0.15) is 6.67 Å². The fourth-order valence-corrected chi connectivity index (χ4v) is 4.59. The zero-order valence-corrected chi connectivity index (χ0v) is 17.9. The van der Waals surface area contributed by atoms with Crippen LogP contribution in [0.5, 0.6) is 0 Å². The topological polar surface area (TPSA) is 15.7 Å². The SMILES string of the molecule is CCOCC1CN(c2c(C)cc(C)cc2C)[CH]N1c1c(C)cc(C)cc1C. The lowest BCUT2D eigenvalue weighted by atomic mass is 10.0. The van der Waals surface area contributed by atoms with Crippen molar-refractivity contribution in [2.75, 3.05) is 29.6 Å². The highest BCUT2D eigenvalue weighted by atomic mass is 16.5. The Hall–Kier alpha value is -2.00. The molecule has 0 saturated carbocycles. The fraction of sp³-hybridized carbons (Fsp3) is 0.458. The van der Waals surface area contributed by atoms with Gasteiger partial charge in [-0.15, -0.1) is 0 Å². The fourth-order valence-electron chi connectivity index (χ4n) is 4.59. The van der Waals surface area contributed by atoms with Crippen molar-refractivity contribution in [3.63, 3.8) is 0 Å². The Bertz CT molecular complexity index is 781. The van der Waals surface area contributed by atoms with Crippen LogP contribution >= 0.6 is 0 Å². The Morgan fingerprint density at radius 3 is 1.78 bits per heavy atom. The molecule has 0 aliphatic carbocycles. The molecule has 3 rings (SSSR count). The molecule has 1 saturated heterocycles. The number of benzene rings is 2. The second-order valence-corrected chi connectivity index (χ2v) is 7.98. The first kappa shape index (κ1) is 19.8. The molecule has 0 aromatic heterocycles. The van der Waals surface area contributed by atoms with E-state index in [1.54, 1.807) is 0 Å². The zero-order valence-electron chi connectivity index (χ0n) is 17.9. The van der Waals surface area contributed by atoms with E-state index >= 15 is 0 Å². The van der Waals surface area contributed by atoms with E-state index in [2.05, 4.69) is 89.2 Å². The largest absolute Gasteiger partial charge is 0.380 e. The summed E-state index contributed by atoms with van der Waals surface area (Å²) >= 11 is 0. The lowest BCUT2D eigenvalue weighted by Crippen LogP contribution is -2.34. The van der Waals surface area contributed by atoms with Crippen molar-refractivity contribution >= 4 is 11.4 Å². The molecule has 0 bridgehead atoms. The number of hydrogen-bond acceptors (Lipinski definition) is 3. The molecular weight excluding hydrogens is 332 g/mol. The van der Waals surface area contributed by atoms with Crippen LogP contribution < -0.4 is 9.80 Å². The van der Waals surface area contributed by atoms with Gasteiger partial charge in [-0.1, -0.05) is 35.4 Å². The normalized spacial score (nSPS) is 17.1. The van der Waals surface area contributed by atoms with Gasteiger partial charge in [-0.3, -0.25) is 0 Å². The minimum Gasteiger partial charge on any atom is -0.380 e. The molecule has 27 heavy (non-hydrogen) atoms. The van der Waals surface area contributed by atoms with Gasteiger partial charge in [0.05, 0.1) is 12.6 Å². The lowest BCUT2D eigenvalue weighted by Gasteiger charge is -2.28. The molecule has 0 N–H and O–H groups in total. The van der Waals surface area contributed by atoms with Gasteiger partial charge >= 0.3 is 0 Å². The van der Waals surface area contributed by atoms with Crippen molar-refractivity contribution in [3.8, 4) is 0 Å². The Balaban J connectivity index is 1.99. The van der Waals surface area contributed by atoms with E-state index < -0.39 is 0 Å². The predicted octanol–water partition coefficient (Wildman–Crippen LogP) is 5.39. The molecule has 1 radical (unpaired) electrons. The summed E-state index contributed by atoms with van der Waals surface area (Å²) < 4.78 is 5.85. The molecule has 1 atom stereocenters. The van der Waals surface area contributed by atoms with Crippen molar-refractivity contribution in [2.24, 2.45) is 0 Å². The molecule has 0 amide bonds. The number of anilines is 2. The highest BCUT2D eigenvalue weighted by molar-refractivity contribution is 5.69. The van der Waals surface area contributed by atoms with Crippen molar-refractivity contribution < 1.29 is 4.74 Å². The summed E-state index contributed by atoms with van der Waals surface area (Å²) in [7, 11) is 0. The summed E-state index contributed by atoms with van der Waals surface area (Å²) in [6, 6.07) is 9.42. The van der Waals surface area contributed by atoms with Crippen molar-refractivity contribution in [3.05, 3.63) is 64.3 Å². The van der Waals surface area contributed by atoms with Gasteiger partial charge in [-0.05, 0) is 70.7 Å². The zero-order chi connectivity index (χ0) is 19.7. The van der Waals surface area contributed by atoms with E-state index in [4.69, 9.17) is 4.74 Å². The molecular formula is C24H33N2O. The number of nitrogens with zero attached hydrogens (tertiary/aromatic N) is 2. The highest BCUT2D eigenvalue weighted by Crippen LogP contribution is 2.37. The van der Waals surface area contributed by atoms with Crippen LogP contribution in [0, 0.1) is 48.2 Å². The average molecular weight is 366 g/mol. The molecule has 0 spiro atoms. The molecule has 2 aromatic carbocycles. The molecule has 1 heterocycles. The Morgan fingerprint density at radius 1 is 0.815 bits per heavy atom. The summed E-state index contributed by atoms with van der Waals surface area (Å²) in [5.41, 5.74) is 10.6. The van der Waals surface area contributed by atoms with Crippen LogP contribution in [0.15, 0.2) is 24.3 Å². The molecule has 1 aliphatic heterocycles. The molecule has 1 aliphatic rings. The third kappa shape index (κ3) is 3.98. The number of hydrogen-bond donors (Lipinski definition) is 0. The van der Waals surface area contributed by atoms with Gasteiger partial charge in [-0.25, -0.2) is 0 Å². The van der Waals surface area contributed by atoms with Crippen molar-refractivity contribution in [1.29, 1.82) is 0 Å². The molecule has 1 unspecified atom stereocenters. The summed E-state index contributed by atoms with van der Waals surface area (Å²) in [5, 5.41) is 0. The summed E-state index contributed by atoms with van der Waals surface area (Å²) in [4.78, 5) is 4.84. The average Bonchev–Trinajstić information content (AvgIpc) is 2.94. The predicted molar refractivity (Wildman–Crippen MR) is 116 cm³/mol. The Labute approximate surface area is 164 Å². The van der Waals surface area contributed by atoms with E-state index in [0.29, 0.717) is 6.04 Å². The van der Waals surface area contributed by atoms with E-state index in [1.165, 1.54) is 44.8 Å². The van der Waals surface area contributed by atoms with Crippen molar-refractivity contribution in [2.45, 2.75) is 54.5 Å². The minimum atomic E-state index is 0.310. The van der Waals surface area contributed by atoms with E-state index in [9.17, 15) is 0 Å². The third-order valence-corrected chi connectivity index (χ3v) is 5.40. The highest BCUT2D eigenvalue weighted by Gasteiger charge is 2.34. The van der Waals surface area contributed by atoms with Crippen molar-refractivity contribution in [1.82, 2.24) is 0 Å². The van der Waals surface area contributed by atoms with Crippen LogP contribution in [0.4, 0.5) is 11.4 Å². The molecule has 1 fully saturated rings.